The predicted molar refractivity (Wildman–Crippen MR) is 69.9 cm³/mol. The van der Waals surface area contributed by atoms with E-state index in [1.54, 1.807) is 0 Å². The maximum Gasteiger partial charge on any atom is 0.311 e. The van der Waals surface area contributed by atoms with Gasteiger partial charge in [0.25, 0.3) is 0 Å². The number of rotatable bonds is 8. The fraction of sp³-hybridized carbons (Fsp3) is 0.929. The van der Waals surface area contributed by atoms with Crippen LogP contribution in [0.5, 0.6) is 0 Å². The number of hydrogen-bond donors (Lipinski definition) is 0. The summed E-state index contributed by atoms with van der Waals surface area (Å²) in [6.45, 7) is 12.0. The second kappa shape index (κ2) is 8.51. The summed E-state index contributed by atoms with van der Waals surface area (Å²) in [5.74, 6) is -0.298. The molecule has 0 aromatic heterocycles. The van der Waals surface area contributed by atoms with Crippen LogP contribution in [0.15, 0.2) is 0 Å². The second-order valence-electron chi connectivity index (χ2n) is 5.51. The number of carbonyl (C=O) groups excluding carboxylic acids is 1. The van der Waals surface area contributed by atoms with Gasteiger partial charge in [0.05, 0.1) is 19.1 Å². The van der Waals surface area contributed by atoms with Gasteiger partial charge in [-0.1, -0.05) is 41.0 Å². The molecule has 3 heteroatoms. The highest BCUT2D eigenvalue weighted by atomic mass is 16.5. The molecule has 1 unspecified atom stereocenters. The Balaban J connectivity index is 4.21. The molecule has 0 saturated heterocycles. The summed E-state index contributed by atoms with van der Waals surface area (Å²) < 4.78 is 10.8. The molecule has 0 aliphatic heterocycles. The highest BCUT2D eigenvalue weighted by Gasteiger charge is 2.32. The van der Waals surface area contributed by atoms with Crippen LogP contribution in [0.2, 0.25) is 0 Å². The van der Waals surface area contributed by atoms with Gasteiger partial charge >= 0.3 is 5.97 Å². The first-order chi connectivity index (χ1) is 7.93. The van der Waals surface area contributed by atoms with Crippen LogP contribution in [0.25, 0.3) is 0 Å². The third kappa shape index (κ3) is 7.37. The first kappa shape index (κ1) is 16.4. The van der Waals surface area contributed by atoms with Crippen molar-refractivity contribution in [2.45, 2.75) is 53.9 Å². The summed E-state index contributed by atoms with van der Waals surface area (Å²) in [5.41, 5.74) is -0.114. The van der Waals surface area contributed by atoms with Crippen LogP contribution in [0.1, 0.15) is 53.9 Å². The highest BCUT2D eigenvalue weighted by Crippen LogP contribution is 2.27. The van der Waals surface area contributed by atoms with Gasteiger partial charge in [0.1, 0.15) is 0 Å². The molecular weight excluding hydrogens is 216 g/mol. The Labute approximate surface area is 106 Å². The zero-order valence-corrected chi connectivity index (χ0v) is 12.0. The standard InChI is InChI=1S/C14H28O3/c1-6-8-10-17-13(15)12(14(3,4)5)11-16-9-7-2/h12H,6-11H2,1-5H3. The third-order valence-electron chi connectivity index (χ3n) is 2.71. The predicted octanol–water partition coefficient (Wildman–Crippen LogP) is 3.42. The Bertz CT molecular complexity index is 206. The quantitative estimate of drug-likeness (QED) is 0.485. The minimum Gasteiger partial charge on any atom is -0.465 e. The van der Waals surface area contributed by atoms with Gasteiger partial charge in [-0.2, -0.15) is 0 Å². The van der Waals surface area contributed by atoms with E-state index in [4.69, 9.17) is 9.47 Å². The Morgan fingerprint density at radius 2 is 1.76 bits per heavy atom. The maximum absolute atomic E-state index is 12.0. The van der Waals surface area contributed by atoms with Gasteiger partial charge in [0, 0.05) is 6.61 Å². The molecule has 0 saturated carbocycles. The summed E-state index contributed by atoms with van der Waals surface area (Å²) in [6.07, 6.45) is 2.94. The van der Waals surface area contributed by atoms with Gasteiger partial charge in [-0.05, 0) is 18.3 Å². The summed E-state index contributed by atoms with van der Waals surface area (Å²) in [7, 11) is 0. The van der Waals surface area contributed by atoms with Crippen LogP contribution in [-0.2, 0) is 14.3 Å². The first-order valence-electron chi connectivity index (χ1n) is 6.67. The molecular formula is C14H28O3. The van der Waals surface area contributed by atoms with Crippen LogP contribution >= 0.6 is 0 Å². The zero-order chi connectivity index (χ0) is 13.3. The topological polar surface area (TPSA) is 35.5 Å². The van der Waals surface area contributed by atoms with Crippen LogP contribution in [0, 0.1) is 11.3 Å². The SMILES string of the molecule is CCCCOC(=O)C(COCCC)C(C)(C)C. The van der Waals surface area contributed by atoms with E-state index in [2.05, 4.69) is 13.8 Å². The lowest BCUT2D eigenvalue weighted by Crippen LogP contribution is -2.34. The van der Waals surface area contributed by atoms with Gasteiger partial charge in [-0.25, -0.2) is 0 Å². The van der Waals surface area contributed by atoms with Crippen molar-refractivity contribution in [2.24, 2.45) is 11.3 Å². The van der Waals surface area contributed by atoms with Crippen molar-refractivity contribution >= 4 is 5.97 Å². The molecule has 3 nitrogen and oxygen atoms in total. The van der Waals surface area contributed by atoms with E-state index < -0.39 is 0 Å². The third-order valence-corrected chi connectivity index (χ3v) is 2.71. The van der Waals surface area contributed by atoms with Crippen molar-refractivity contribution in [1.82, 2.24) is 0 Å². The van der Waals surface area contributed by atoms with Gasteiger partial charge in [-0.3, -0.25) is 4.79 Å². The van der Waals surface area contributed by atoms with E-state index in [-0.39, 0.29) is 17.3 Å². The largest absolute Gasteiger partial charge is 0.465 e. The van der Waals surface area contributed by atoms with E-state index in [1.165, 1.54) is 0 Å². The van der Waals surface area contributed by atoms with Crippen LogP contribution in [0.4, 0.5) is 0 Å². The number of esters is 1. The first-order valence-corrected chi connectivity index (χ1v) is 6.67. The molecule has 0 fully saturated rings. The highest BCUT2D eigenvalue weighted by molar-refractivity contribution is 5.73. The summed E-state index contributed by atoms with van der Waals surface area (Å²) >= 11 is 0. The monoisotopic (exact) mass is 244 g/mol. The van der Waals surface area contributed by atoms with Gasteiger partial charge in [0.15, 0.2) is 0 Å². The number of hydrogen-bond acceptors (Lipinski definition) is 3. The number of unbranched alkanes of at least 4 members (excludes halogenated alkanes) is 1. The Morgan fingerprint density at radius 1 is 1.12 bits per heavy atom. The lowest BCUT2D eigenvalue weighted by molar-refractivity contribution is -0.155. The van der Waals surface area contributed by atoms with E-state index >= 15 is 0 Å². The molecule has 0 rings (SSSR count). The number of ether oxygens (including phenoxy) is 2. The smallest absolute Gasteiger partial charge is 0.311 e. The van der Waals surface area contributed by atoms with Gasteiger partial charge in [-0.15, -0.1) is 0 Å². The fourth-order valence-electron chi connectivity index (χ4n) is 1.43. The van der Waals surface area contributed by atoms with E-state index in [0.29, 0.717) is 19.8 Å². The molecule has 0 amide bonds. The van der Waals surface area contributed by atoms with Crippen molar-refractivity contribution in [3.63, 3.8) is 0 Å². The Kier molecular flexibility index (Phi) is 8.23. The number of carbonyl (C=O) groups is 1. The van der Waals surface area contributed by atoms with E-state index in [1.807, 2.05) is 20.8 Å². The molecule has 0 bridgehead atoms. The second-order valence-corrected chi connectivity index (χ2v) is 5.51. The summed E-state index contributed by atoms with van der Waals surface area (Å²) in [5, 5.41) is 0. The summed E-state index contributed by atoms with van der Waals surface area (Å²) in [6, 6.07) is 0. The molecule has 0 aliphatic carbocycles. The Hall–Kier alpha value is -0.570. The minimum atomic E-state index is -0.175. The molecule has 0 aliphatic rings. The fourth-order valence-corrected chi connectivity index (χ4v) is 1.43. The lowest BCUT2D eigenvalue weighted by atomic mass is 9.81. The van der Waals surface area contributed by atoms with Gasteiger partial charge in [0.2, 0.25) is 0 Å². The van der Waals surface area contributed by atoms with Crippen LogP contribution in [0.3, 0.4) is 0 Å². The average molecular weight is 244 g/mol. The molecule has 0 aromatic rings. The summed E-state index contributed by atoms with van der Waals surface area (Å²) in [4.78, 5) is 12.0. The van der Waals surface area contributed by atoms with Crippen molar-refractivity contribution in [2.75, 3.05) is 19.8 Å². The van der Waals surface area contributed by atoms with Crippen molar-refractivity contribution in [3.8, 4) is 0 Å². The van der Waals surface area contributed by atoms with E-state index in [0.717, 1.165) is 19.3 Å². The van der Waals surface area contributed by atoms with E-state index in [9.17, 15) is 4.79 Å². The minimum absolute atomic E-state index is 0.114. The molecule has 17 heavy (non-hydrogen) atoms. The van der Waals surface area contributed by atoms with Crippen molar-refractivity contribution in [3.05, 3.63) is 0 Å². The molecule has 0 radical (unpaired) electrons. The molecule has 0 spiro atoms. The molecule has 0 aromatic carbocycles. The molecule has 1 atom stereocenters. The van der Waals surface area contributed by atoms with Crippen molar-refractivity contribution < 1.29 is 14.3 Å². The lowest BCUT2D eigenvalue weighted by Gasteiger charge is -2.28. The van der Waals surface area contributed by atoms with Crippen LogP contribution < -0.4 is 0 Å². The normalized spacial score (nSPS) is 13.5. The van der Waals surface area contributed by atoms with Crippen molar-refractivity contribution in [1.29, 1.82) is 0 Å². The maximum atomic E-state index is 12.0. The Morgan fingerprint density at radius 3 is 2.24 bits per heavy atom. The molecule has 0 heterocycles. The molecule has 102 valence electrons. The average Bonchev–Trinajstić information content (AvgIpc) is 2.23. The van der Waals surface area contributed by atoms with Crippen LogP contribution in [-0.4, -0.2) is 25.8 Å². The zero-order valence-electron chi connectivity index (χ0n) is 12.0. The van der Waals surface area contributed by atoms with Gasteiger partial charge < -0.3 is 9.47 Å². The molecule has 0 N–H and O–H groups in total.